The first-order valence-electron chi connectivity index (χ1n) is 13.4. The minimum absolute atomic E-state index is 0.0760. The molecule has 2 aliphatic rings. The van der Waals surface area contributed by atoms with Crippen molar-refractivity contribution in [1.82, 2.24) is 26.2 Å². The number of carbonyl (C=O) groups is 3. The minimum atomic E-state index is -0.684. The molecule has 2 atom stereocenters. The molecule has 1 fully saturated rings. The normalized spacial score (nSPS) is 20.1. The van der Waals surface area contributed by atoms with Gasteiger partial charge in [0.1, 0.15) is 0 Å². The third-order valence-corrected chi connectivity index (χ3v) is 7.91. The molecule has 1 aliphatic carbocycles. The quantitative estimate of drug-likeness (QED) is 0.302. The maximum Gasteiger partial charge on any atom is 0.406 e. The van der Waals surface area contributed by atoms with Crippen molar-refractivity contribution >= 4 is 29.6 Å². The van der Waals surface area contributed by atoms with Crippen LogP contribution in [0.1, 0.15) is 73.7 Å². The highest BCUT2D eigenvalue weighted by Gasteiger charge is 2.42. The van der Waals surface area contributed by atoms with Gasteiger partial charge in [-0.1, -0.05) is 43.7 Å². The summed E-state index contributed by atoms with van der Waals surface area (Å²) in [6, 6.07) is 5.24. The molecule has 206 valence electrons. The van der Waals surface area contributed by atoms with E-state index in [2.05, 4.69) is 26.0 Å². The number of likely N-dealkylation sites (N-methyl/N-ethyl adjacent to an activating group) is 1. The Morgan fingerprint density at radius 3 is 2.70 bits per heavy atom. The topological polar surface area (TPSA) is 112 Å². The zero-order valence-corrected chi connectivity index (χ0v) is 23.1. The van der Waals surface area contributed by atoms with Gasteiger partial charge in [0.25, 0.3) is 5.91 Å². The first-order chi connectivity index (χ1) is 17.8. The number of hydrogen-bond acceptors (Lipinski definition) is 5. The summed E-state index contributed by atoms with van der Waals surface area (Å²) in [5.41, 5.74) is 0.747. The number of fused-ring (bicyclic) bond motifs is 1. The fraction of sp³-hybridized carbons (Fsp3) is 0.667. The van der Waals surface area contributed by atoms with Crippen LogP contribution in [0.4, 0.5) is 9.59 Å². The lowest BCUT2D eigenvalue weighted by atomic mass is 9.83. The van der Waals surface area contributed by atoms with Crippen molar-refractivity contribution < 1.29 is 19.1 Å². The number of rotatable bonds is 12. The Bertz CT molecular complexity index is 939. The van der Waals surface area contributed by atoms with Crippen LogP contribution >= 0.6 is 11.6 Å². The fourth-order valence-corrected chi connectivity index (χ4v) is 5.82. The molecular weight excluding hydrogens is 494 g/mol. The SMILES string of the molecule is CNC[C@H](CC1CCCCC1)NC(=O)N(C)CC[C@]1(CCCNC(=O)OC)NC(=O)c2ccc(Cl)cc21. The Kier molecular flexibility index (Phi) is 10.9. The Labute approximate surface area is 225 Å². The van der Waals surface area contributed by atoms with Gasteiger partial charge in [0.05, 0.1) is 12.6 Å². The molecule has 0 bridgehead atoms. The number of alkyl carbamates (subject to hydrolysis) is 1. The summed E-state index contributed by atoms with van der Waals surface area (Å²) < 4.78 is 4.65. The largest absolute Gasteiger partial charge is 0.453 e. The van der Waals surface area contributed by atoms with Crippen LogP contribution in [-0.2, 0) is 10.3 Å². The van der Waals surface area contributed by atoms with E-state index in [0.29, 0.717) is 48.9 Å². The van der Waals surface area contributed by atoms with Gasteiger partial charge >= 0.3 is 12.1 Å². The summed E-state index contributed by atoms with van der Waals surface area (Å²) in [7, 11) is 5.02. The van der Waals surface area contributed by atoms with Gasteiger partial charge in [-0.15, -0.1) is 0 Å². The molecular formula is C27H42ClN5O4. The number of amides is 4. The summed E-state index contributed by atoms with van der Waals surface area (Å²) in [5, 5.41) is 12.8. The molecule has 1 aromatic rings. The zero-order valence-electron chi connectivity index (χ0n) is 22.3. The smallest absolute Gasteiger partial charge is 0.406 e. The highest BCUT2D eigenvalue weighted by atomic mass is 35.5. The van der Waals surface area contributed by atoms with Crippen LogP contribution in [0.25, 0.3) is 0 Å². The molecule has 0 aromatic heterocycles. The predicted molar refractivity (Wildman–Crippen MR) is 145 cm³/mol. The number of urea groups is 1. The first-order valence-corrected chi connectivity index (χ1v) is 13.8. The average Bonchev–Trinajstić information content (AvgIpc) is 3.16. The zero-order chi connectivity index (χ0) is 26.8. The van der Waals surface area contributed by atoms with E-state index < -0.39 is 11.6 Å². The van der Waals surface area contributed by atoms with Crippen molar-refractivity contribution in [2.45, 2.75) is 69.4 Å². The van der Waals surface area contributed by atoms with Crippen LogP contribution in [0, 0.1) is 5.92 Å². The van der Waals surface area contributed by atoms with Crippen molar-refractivity contribution in [2.24, 2.45) is 5.92 Å². The van der Waals surface area contributed by atoms with E-state index in [0.717, 1.165) is 18.5 Å². The number of ether oxygens (including phenoxy) is 1. The fourth-order valence-electron chi connectivity index (χ4n) is 5.64. The van der Waals surface area contributed by atoms with Gasteiger partial charge in [-0.25, -0.2) is 9.59 Å². The number of carbonyl (C=O) groups excluding carboxylic acids is 3. The number of methoxy groups -OCH3 is 1. The lowest BCUT2D eigenvalue weighted by Crippen LogP contribution is -2.49. The number of hydrogen-bond donors (Lipinski definition) is 4. The maximum atomic E-state index is 13.1. The van der Waals surface area contributed by atoms with Gasteiger partial charge in [-0.05, 0) is 62.4 Å². The molecule has 9 nitrogen and oxygen atoms in total. The number of nitrogens with one attached hydrogen (secondary N) is 4. The number of nitrogens with zero attached hydrogens (tertiary/aromatic N) is 1. The van der Waals surface area contributed by atoms with E-state index in [1.54, 1.807) is 24.1 Å². The lowest BCUT2D eigenvalue weighted by Gasteiger charge is -2.33. The third kappa shape index (κ3) is 7.98. The van der Waals surface area contributed by atoms with Crippen molar-refractivity contribution in [3.63, 3.8) is 0 Å². The maximum absolute atomic E-state index is 13.1. The average molecular weight is 536 g/mol. The summed E-state index contributed by atoms with van der Waals surface area (Å²) in [4.78, 5) is 39.1. The molecule has 0 spiro atoms. The van der Waals surface area contributed by atoms with Crippen LogP contribution in [-0.4, -0.2) is 69.8 Å². The van der Waals surface area contributed by atoms with Crippen LogP contribution in [0.15, 0.2) is 18.2 Å². The molecule has 1 heterocycles. The van der Waals surface area contributed by atoms with E-state index in [9.17, 15) is 14.4 Å². The highest BCUT2D eigenvalue weighted by Crippen LogP contribution is 2.39. The van der Waals surface area contributed by atoms with Crippen LogP contribution in [0.5, 0.6) is 0 Å². The summed E-state index contributed by atoms with van der Waals surface area (Å²) >= 11 is 6.31. The summed E-state index contributed by atoms with van der Waals surface area (Å²) in [5.74, 6) is 0.510. The standard InChI is InChI=1S/C27H42ClN5O4/c1-29-18-21(16-19-8-5-4-6-9-19)31-25(35)33(2)15-13-27(12-7-14-30-26(36)37-3)23-17-20(28)10-11-22(23)24(34)32-27/h10-11,17,19,21,29H,4-9,12-16,18H2,1-3H3,(H,30,36)(H,31,35)(H,32,34)/t21-,27-/m0/s1. The van der Waals surface area contributed by atoms with E-state index in [1.807, 2.05) is 13.1 Å². The molecule has 1 aromatic carbocycles. The minimum Gasteiger partial charge on any atom is -0.453 e. The molecule has 3 rings (SSSR count). The van der Waals surface area contributed by atoms with Crippen molar-refractivity contribution in [1.29, 1.82) is 0 Å². The summed E-state index contributed by atoms with van der Waals surface area (Å²) in [6.45, 7) is 1.58. The molecule has 1 saturated carbocycles. The van der Waals surface area contributed by atoms with E-state index in [1.165, 1.54) is 39.2 Å². The van der Waals surface area contributed by atoms with Gasteiger partial charge in [0.15, 0.2) is 0 Å². The van der Waals surface area contributed by atoms with Crippen LogP contribution in [0.2, 0.25) is 5.02 Å². The lowest BCUT2D eigenvalue weighted by molar-refractivity contribution is 0.0915. The Balaban J connectivity index is 1.65. The van der Waals surface area contributed by atoms with Gasteiger partial charge < -0.3 is 30.9 Å². The molecule has 0 saturated heterocycles. The second-order valence-corrected chi connectivity index (χ2v) is 10.8. The van der Waals surface area contributed by atoms with Crippen molar-refractivity contribution in [3.05, 3.63) is 34.3 Å². The molecule has 1 aliphatic heterocycles. The van der Waals surface area contributed by atoms with Crippen LogP contribution in [0.3, 0.4) is 0 Å². The van der Waals surface area contributed by atoms with E-state index in [-0.39, 0.29) is 18.0 Å². The van der Waals surface area contributed by atoms with Gasteiger partial charge in [-0.3, -0.25) is 4.79 Å². The Morgan fingerprint density at radius 2 is 2.00 bits per heavy atom. The number of benzene rings is 1. The third-order valence-electron chi connectivity index (χ3n) is 7.67. The van der Waals surface area contributed by atoms with Gasteiger partial charge in [-0.2, -0.15) is 0 Å². The van der Waals surface area contributed by atoms with E-state index in [4.69, 9.17) is 11.6 Å². The Hall–Kier alpha value is -2.52. The second-order valence-electron chi connectivity index (χ2n) is 10.4. The molecule has 4 amide bonds. The van der Waals surface area contributed by atoms with Crippen molar-refractivity contribution in [2.75, 3.05) is 40.8 Å². The summed E-state index contributed by atoms with van der Waals surface area (Å²) in [6.07, 6.45) is 8.55. The Morgan fingerprint density at radius 1 is 1.24 bits per heavy atom. The molecule has 4 N–H and O–H groups in total. The van der Waals surface area contributed by atoms with Crippen LogP contribution < -0.4 is 21.3 Å². The molecule has 0 unspecified atom stereocenters. The molecule has 0 radical (unpaired) electrons. The molecule has 37 heavy (non-hydrogen) atoms. The monoisotopic (exact) mass is 535 g/mol. The predicted octanol–water partition coefficient (Wildman–Crippen LogP) is 4.00. The van der Waals surface area contributed by atoms with Gasteiger partial charge in [0, 0.05) is 43.3 Å². The number of halogens is 1. The second kappa shape index (κ2) is 13.9. The first kappa shape index (κ1) is 29.0. The van der Waals surface area contributed by atoms with Gasteiger partial charge in [0.2, 0.25) is 0 Å². The van der Waals surface area contributed by atoms with E-state index >= 15 is 0 Å². The van der Waals surface area contributed by atoms with Crippen molar-refractivity contribution in [3.8, 4) is 0 Å². The highest BCUT2D eigenvalue weighted by molar-refractivity contribution is 6.30. The molecule has 10 heteroatoms.